The second kappa shape index (κ2) is 12.9. The predicted molar refractivity (Wildman–Crippen MR) is 176 cm³/mol. The molecule has 2 aromatic carbocycles. The van der Waals surface area contributed by atoms with Crippen LogP contribution in [0.1, 0.15) is 84.6 Å². The zero-order chi connectivity index (χ0) is 29.9. The van der Waals surface area contributed by atoms with Gasteiger partial charge in [0.2, 0.25) is 0 Å². The third-order valence-corrected chi connectivity index (χ3v) is 10.2. The standard InChI is InChI=1S/C36H56N4O/c1-11-37(12-2)25-29-15-17-31-33(23-29)39(27(5)35(31,7)8)19-21-41-22-20-40-28(6)36(9,10)32-18-16-30(24-34(32)40)26-38(13-3)14-4/h15-18,23-24,28H,5,11-14,19-22,25-26H2,1-4,6-10H3/t28-/m0/s1. The van der Waals surface area contributed by atoms with E-state index in [4.69, 9.17) is 4.74 Å². The molecule has 0 saturated heterocycles. The number of nitrogens with zero attached hydrogens (tertiary/aromatic N) is 4. The smallest absolute Gasteiger partial charge is 0.0646 e. The fourth-order valence-electron chi connectivity index (χ4n) is 6.75. The Bertz CT molecular complexity index is 1190. The van der Waals surface area contributed by atoms with Gasteiger partial charge in [0.1, 0.15) is 0 Å². The maximum absolute atomic E-state index is 6.34. The first-order valence-corrected chi connectivity index (χ1v) is 16.0. The molecule has 0 bridgehead atoms. The van der Waals surface area contributed by atoms with Crippen molar-refractivity contribution in [2.75, 3.05) is 62.3 Å². The molecular weight excluding hydrogens is 504 g/mol. The Balaban J connectivity index is 1.40. The lowest BCUT2D eigenvalue weighted by molar-refractivity contribution is 0.145. The molecule has 2 aliphatic rings. The van der Waals surface area contributed by atoms with Gasteiger partial charge in [0.05, 0.1) is 13.2 Å². The van der Waals surface area contributed by atoms with Gasteiger partial charge >= 0.3 is 0 Å². The van der Waals surface area contributed by atoms with E-state index in [0.29, 0.717) is 12.6 Å². The fraction of sp³-hybridized carbons (Fsp3) is 0.611. The van der Waals surface area contributed by atoms with Crippen LogP contribution in [0.15, 0.2) is 48.7 Å². The van der Waals surface area contributed by atoms with Crippen LogP contribution in [0.5, 0.6) is 0 Å². The van der Waals surface area contributed by atoms with Gasteiger partial charge in [-0.25, -0.2) is 0 Å². The minimum atomic E-state index is -0.0633. The molecule has 0 radical (unpaired) electrons. The normalized spacial score (nSPS) is 19.0. The number of allylic oxidation sites excluding steroid dienone is 1. The molecule has 0 aliphatic carbocycles. The van der Waals surface area contributed by atoms with Crippen LogP contribution in [-0.4, -0.2) is 68.3 Å². The predicted octanol–water partition coefficient (Wildman–Crippen LogP) is 7.18. The lowest BCUT2D eigenvalue weighted by Crippen LogP contribution is -2.40. The van der Waals surface area contributed by atoms with E-state index in [-0.39, 0.29) is 10.8 Å². The van der Waals surface area contributed by atoms with Gasteiger partial charge in [-0.2, -0.15) is 0 Å². The van der Waals surface area contributed by atoms with Crippen molar-refractivity contribution < 1.29 is 4.74 Å². The highest BCUT2D eigenvalue weighted by Crippen LogP contribution is 2.47. The van der Waals surface area contributed by atoms with Crippen LogP contribution in [0.3, 0.4) is 0 Å². The molecule has 0 N–H and O–H groups in total. The summed E-state index contributed by atoms with van der Waals surface area (Å²) in [5, 5.41) is 0. The molecule has 41 heavy (non-hydrogen) atoms. The molecule has 0 spiro atoms. The van der Waals surface area contributed by atoms with E-state index in [9.17, 15) is 0 Å². The number of hydrogen-bond donors (Lipinski definition) is 0. The Labute approximate surface area is 251 Å². The van der Waals surface area contributed by atoms with Crippen LogP contribution in [0, 0.1) is 0 Å². The number of ether oxygens (including phenoxy) is 1. The van der Waals surface area contributed by atoms with Crippen molar-refractivity contribution in [1.29, 1.82) is 0 Å². The Morgan fingerprint density at radius 1 is 0.756 bits per heavy atom. The third kappa shape index (κ3) is 6.23. The summed E-state index contributed by atoms with van der Waals surface area (Å²) in [4.78, 5) is 9.93. The SMILES string of the molecule is C=C1N(CCOCCN2c3cc(CN(CC)CC)ccc3C(C)(C)[C@@H]2C)c2cc(CN(CC)CC)ccc2C1(C)C. The Morgan fingerprint density at radius 2 is 1.27 bits per heavy atom. The molecular formula is C36H56N4O. The molecule has 2 heterocycles. The van der Waals surface area contributed by atoms with Crippen molar-refractivity contribution >= 4 is 11.4 Å². The number of benzene rings is 2. The maximum atomic E-state index is 6.34. The summed E-state index contributed by atoms with van der Waals surface area (Å²) in [6, 6.07) is 14.6. The van der Waals surface area contributed by atoms with Crippen LogP contribution < -0.4 is 9.80 Å². The summed E-state index contributed by atoms with van der Waals surface area (Å²) < 4.78 is 6.34. The maximum Gasteiger partial charge on any atom is 0.0646 e. The van der Waals surface area contributed by atoms with E-state index in [1.165, 1.54) is 39.3 Å². The van der Waals surface area contributed by atoms with Gasteiger partial charge < -0.3 is 14.5 Å². The summed E-state index contributed by atoms with van der Waals surface area (Å²) in [7, 11) is 0. The van der Waals surface area contributed by atoms with E-state index in [2.05, 4.69) is 125 Å². The van der Waals surface area contributed by atoms with Crippen LogP contribution in [0.4, 0.5) is 11.4 Å². The summed E-state index contributed by atoms with van der Waals surface area (Å²) >= 11 is 0. The first-order chi connectivity index (χ1) is 19.5. The molecule has 0 saturated carbocycles. The Hall–Kier alpha value is -2.34. The number of rotatable bonds is 14. The number of anilines is 2. The first-order valence-electron chi connectivity index (χ1n) is 16.0. The highest BCUT2D eigenvalue weighted by atomic mass is 16.5. The van der Waals surface area contributed by atoms with Crippen molar-refractivity contribution in [1.82, 2.24) is 9.80 Å². The molecule has 2 aromatic rings. The van der Waals surface area contributed by atoms with Crippen LogP contribution in [0.25, 0.3) is 0 Å². The van der Waals surface area contributed by atoms with Crippen LogP contribution in [-0.2, 0) is 28.7 Å². The van der Waals surface area contributed by atoms with Gasteiger partial charge in [-0.05, 0) is 67.5 Å². The molecule has 0 unspecified atom stereocenters. The fourth-order valence-corrected chi connectivity index (χ4v) is 6.75. The van der Waals surface area contributed by atoms with Crippen molar-refractivity contribution in [2.45, 2.75) is 92.3 Å². The zero-order valence-corrected chi connectivity index (χ0v) is 27.5. The lowest BCUT2D eigenvalue weighted by Gasteiger charge is -2.31. The van der Waals surface area contributed by atoms with E-state index in [1.807, 2.05) is 0 Å². The third-order valence-electron chi connectivity index (χ3n) is 10.2. The van der Waals surface area contributed by atoms with Crippen LogP contribution >= 0.6 is 0 Å². The van der Waals surface area contributed by atoms with E-state index in [0.717, 1.165) is 59.0 Å². The molecule has 0 aromatic heterocycles. The van der Waals surface area contributed by atoms with Gasteiger partial charge in [-0.1, -0.05) is 86.2 Å². The van der Waals surface area contributed by atoms with Crippen molar-refractivity contribution in [2.24, 2.45) is 0 Å². The topological polar surface area (TPSA) is 22.2 Å². The largest absolute Gasteiger partial charge is 0.378 e. The summed E-state index contributed by atoms with van der Waals surface area (Å²) in [5.74, 6) is 0. The molecule has 1 atom stereocenters. The molecule has 5 heteroatoms. The highest BCUT2D eigenvalue weighted by molar-refractivity contribution is 5.71. The average Bonchev–Trinajstić information content (AvgIpc) is 3.27. The van der Waals surface area contributed by atoms with Crippen LogP contribution in [0.2, 0.25) is 0 Å². The van der Waals surface area contributed by atoms with E-state index >= 15 is 0 Å². The summed E-state index contributed by atoms with van der Waals surface area (Å²) in [6.07, 6.45) is 0. The Morgan fingerprint density at radius 3 is 1.83 bits per heavy atom. The van der Waals surface area contributed by atoms with Gasteiger partial charge in [0, 0.05) is 60.1 Å². The molecule has 226 valence electrons. The van der Waals surface area contributed by atoms with Crippen molar-refractivity contribution in [3.63, 3.8) is 0 Å². The van der Waals surface area contributed by atoms with E-state index in [1.54, 1.807) is 0 Å². The van der Waals surface area contributed by atoms with Gasteiger partial charge in [0.15, 0.2) is 0 Å². The van der Waals surface area contributed by atoms with Gasteiger partial charge in [-0.3, -0.25) is 9.80 Å². The molecule has 0 amide bonds. The molecule has 0 fully saturated rings. The average molecular weight is 561 g/mol. The molecule has 2 aliphatic heterocycles. The van der Waals surface area contributed by atoms with Gasteiger partial charge in [-0.15, -0.1) is 0 Å². The van der Waals surface area contributed by atoms with Crippen molar-refractivity contribution in [3.05, 3.63) is 70.9 Å². The Kier molecular flexibility index (Phi) is 9.93. The van der Waals surface area contributed by atoms with Crippen molar-refractivity contribution in [3.8, 4) is 0 Å². The summed E-state index contributed by atoms with van der Waals surface area (Å²) in [5.41, 5.74) is 9.52. The zero-order valence-electron chi connectivity index (χ0n) is 27.5. The molecule has 5 nitrogen and oxygen atoms in total. The number of hydrogen-bond acceptors (Lipinski definition) is 5. The number of fused-ring (bicyclic) bond motifs is 2. The second-order valence-corrected chi connectivity index (χ2v) is 13.1. The molecule has 4 rings (SSSR count). The minimum absolute atomic E-state index is 0.0633. The minimum Gasteiger partial charge on any atom is -0.378 e. The monoisotopic (exact) mass is 560 g/mol. The lowest BCUT2D eigenvalue weighted by atomic mass is 9.81. The summed E-state index contributed by atoms with van der Waals surface area (Å²) in [6.45, 7) is 34.6. The van der Waals surface area contributed by atoms with Gasteiger partial charge in [0.25, 0.3) is 0 Å². The highest BCUT2D eigenvalue weighted by Gasteiger charge is 2.42. The quantitative estimate of drug-likeness (QED) is 0.228. The first kappa shape index (κ1) is 31.6. The van der Waals surface area contributed by atoms with E-state index < -0.39 is 0 Å². The second-order valence-electron chi connectivity index (χ2n) is 13.1.